The van der Waals surface area contributed by atoms with Gasteiger partial charge in [0.25, 0.3) is 5.91 Å². The molecular weight excluding hydrogens is 474 g/mol. The van der Waals surface area contributed by atoms with Gasteiger partial charge in [-0.05, 0) is 41.8 Å². The highest BCUT2D eigenvalue weighted by Crippen LogP contribution is 2.45. The van der Waals surface area contributed by atoms with E-state index in [-0.39, 0.29) is 11.9 Å². The summed E-state index contributed by atoms with van der Waals surface area (Å²) < 4.78 is 11.6. The van der Waals surface area contributed by atoms with Crippen LogP contribution in [-0.2, 0) is 6.54 Å². The number of halogens is 1. The average molecular weight is 502 g/mol. The Morgan fingerprint density at radius 3 is 2.53 bits per heavy atom. The molecule has 7 heteroatoms. The number of aromatic nitrogens is 2. The van der Waals surface area contributed by atoms with E-state index in [2.05, 4.69) is 17.1 Å². The lowest BCUT2D eigenvalue weighted by Gasteiger charge is -2.27. The number of hydrogen-bond acceptors (Lipinski definition) is 4. The van der Waals surface area contributed by atoms with Crippen molar-refractivity contribution < 1.29 is 14.3 Å². The second-order valence-electron chi connectivity index (χ2n) is 8.80. The molecule has 0 saturated carbocycles. The number of hydrogen-bond donors (Lipinski definition) is 1. The lowest BCUT2D eigenvalue weighted by Crippen LogP contribution is -2.29. The second-order valence-corrected chi connectivity index (χ2v) is 9.24. The summed E-state index contributed by atoms with van der Waals surface area (Å²) in [5.74, 6) is 1.24. The van der Waals surface area contributed by atoms with Gasteiger partial charge in [0.1, 0.15) is 5.69 Å². The molecule has 1 amide bonds. The van der Waals surface area contributed by atoms with Crippen molar-refractivity contribution in [1.29, 1.82) is 0 Å². The van der Waals surface area contributed by atoms with Crippen LogP contribution in [0, 0.1) is 0 Å². The van der Waals surface area contributed by atoms with Crippen molar-refractivity contribution in [3.8, 4) is 22.8 Å². The van der Waals surface area contributed by atoms with E-state index in [9.17, 15) is 4.79 Å². The Labute approximate surface area is 215 Å². The van der Waals surface area contributed by atoms with Gasteiger partial charge in [0.15, 0.2) is 11.5 Å². The molecule has 1 N–H and O–H groups in total. The Kier molecular flexibility index (Phi) is 6.96. The van der Waals surface area contributed by atoms with E-state index in [1.165, 1.54) is 0 Å². The van der Waals surface area contributed by atoms with E-state index in [4.69, 9.17) is 21.1 Å². The van der Waals surface area contributed by atoms with Gasteiger partial charge in [-0.1, -0.05) is 73.5 Å². The number of nitrogens with one attached hydrogen (secondary N) is 1. The van der Waals surface area contributed by atoms with Crippen LogP contribution >= 0.6 is 11.6 Å². The SMILES string of the molecule is CCCCOc1ccc(C2c3c(-c4ccccc4)n[nH]c3C(=O)N2Cc2ccc(Cl)cc2)cc1OC. The third kappa shape index (κ3) is 4.56. The van der Waals surface area contributed by atoms with Crippen LogP contribution in [0.1, 0.15) is 53.0 Å². The third-order valence-electron chi connectivity index (χ3n) is 6.44. The number of unbranched alkanes of at least 4 members (excludes halogenated alkanes) is 1. The van der Waals surface area contributed by atoms with Gasteiger partial charge >= 0.3 is 0 Å². The number of rotatable bonds is 9. The van der Waals surface area contributed by atoms with Gasteiger partial charge in [0, 0.05) is 22.7 Å². The largest absolute Gasteiger partial charge is 0.493 e. The molecule has 1 unspecified atom stereocenters. The summed E-state index contributed by atoms with van der Waals surface area (Å²) >= 11 is 6.10. The fraction of sp³-hybridized carbons (Fsp3) is 0.241. The van der Waals surface area contributed by atoms with Crippen LogP contribution in [0.3, 0.4) is 0 Å². The minimum Gasteiger partial charge on any atom is -0.493 e. The molecule has 0 fully saturated rings. The standard InChI is InChI=1S/C29H28ClN3O3/c1-3-4-16-36-23-15-12-21(17-24(23)35-2)28-25-26(20-8-6-5-7-9-20)31-32-27(25)29(34)33(28)18-19-10-13-22(30)14-11-19/h5-15,17,28H,3-4,16,18H2,1-2H3,(H,31,32). The van der Waals surface area contributed by atoms with Gasteiger partial charge in [0.2, 0.25) is 0 Å². The number of benzene rings is 3. The Morgan fingerprint density at radius 2 is 1.81 bits per heavy atom. The predicted molar refractivity (Wildman–Crippen MR) is 141 cm³/mol. The molecular formula is C29H28ClN3O3. The quantitative estimate of drug-likeness (QED) is 0.260. The van der Waals surface area contributed by atoms with Crippen molar-refractivity contribution in [2.24, 2.45) is 0 Å². The van der Waals surface area contributed by atoms with Crippen LogP contribution in [0.4, 0.5) is 0 Å². The molecule has 0 saturated heterocycles. The average Bonchev–Trinajstić information content (AvgIpc) is 3.45. The van der Waals surface area contributed by atoms with E-state index in [1.54, 1.807) is 7.11 Å². The molecule has 6 nitrogen and oxygen atoms in total. The van der Waals surface area contributed by atoms with Gasteiger partial charge < -0.3 is 14.4 Å². The summed E-state index contributed by atoms with van der Waals surface area (Å²) in [5.41, 5.74) is 5.01. The topological polar surface area (TPSA) is 67.5 Å². The minimum absolute atomic E-state index is 0.0955. The first-order chi connectivity index (χ1) is 17.6. The number of nitrogens with zero attached hydrogens (tertiary/aromatic N) is 2. The summed E-state index contributed by atoms with van der Waals surface area (Å²) in [6, 6.07) is 23.0. The number of carbonyl (C=O) groups is 1. The van der Waals surface area contributed by atoms with Crippen molar-refractivity contribution in [3.05, 3.63) is 100 Å². The molecule has 3 aromatic carbocycles. The number of methoxy groups -OCH3 is 1. The maximum absolute atomic E-state index is 13.7. The Morgan fingerprint density at radius 1 is 1.03 bits per heavy atom. The van der Waals surface area contributed by atoms with Gasteiger partial charge in [-0.2, -0.15) is 5.10 Å². The molecule has 5 rings (SSSR count). The number of ether oxygens (including phenoxy) is 2. The molecule has 184 valence electrons. The zero-order chi connectivity index (χ0) is 25.1. The van der Waals surface area contributed by atoms with E-state index < -0.39 is 0 Å². The smallest absolute Gasteiger partial charge is 0.273 e. The lowest BCUT2D eigenvalue weighted by molar-refractivity contribution is 0.0730. The van der Waals surface area contributed by atoms with Gasteiger partial charge in [-0.15, -0.1) is 0 Å². The van der Waals surface area contributed by atoms with E-state index in [0.29, 0.717) is 35.4 Å². The molecule has 36 heavy (non-hydrogen) atoms. The Bertz CT molecular complexity index is 1350. The normalized spacial score (nSPS) is 14.7. The maximum Gasteiger partial charge on any atom is 0.273 e. The maximum atomic E-state index is 13.7. The van der Waals surface area contributed by atoms with Crippen molar-refractivity contribution in [2.75, 3.05) is 13.7 Å². The van der Waals surface area contributed by atoms with E-state index in [1.807, 2.05) is 77.7 Å². The highest BCUT2D eigenvalue weighted by atomic mass is 35.5. The summed E-state index contributed by atoms with van der Waals surface area (Å²) in [5, 5.41) is 8.23. The fourth-order valence-electron chi connectivity index (χ4n) is 4.61. The number of carbonyl (C=O) groups excluding carboxylic acids is 1. The van der Waals surface area contributed by atoms with Crippen LogP contribution in [0.5, 0.6) is 11.5 Å². The summed E-state index contributed by atoms with van der Waals surface area (Å²) in [7, 11) is 1.63. The van der Waals surface area contributed by atoms with Gasteiger partial charge in [-0.25, -0.2) is 0 Å². The van der Waals surface area contributed by atoms with Crippen molar-refractivity contribution in [2.45, 2.75) is 32.4 Å². The van der Waals surface area contributed by atoms with Gasteiger partial charge in [-0.3, -0.25) is 9.89 Å². The van der Waals surface area contributed by atoms with Crippen molar-refractivity contribution in [3.63, 3.8) is 0 Å². The van der Waals surface area contributed by atoms with Crippen LogP contribution < -0.4 is 9.47 Å². The van der Waals surface area contributed by atoms with Gasteiger partial charge in [0.05, 0.1) is 25.5 Å². The number of amides is 1. The minimum atomic E-state index is -0.351. The van der Waals surface area contributed by atoms with Crippen LogP contribution in [0.25, 0.3) is 11.3 Å². The molecule has 2 heterocycles. The predicted octanol–water partition coefficient (Wildman–Crippen LogP) is 6.66. The number of fused-ring (bicyclic) bond motifs is 1. The molecule has 0 spiro atoms. The molecule has 1 aliphatic rings. The molecule has 1 aromatic heterocycles. The summed E-state index contributed by atoms with van der Waals surface area (Å²) in [6.07, 6.45) is 2.02. The zero-order valence-corrected chi connectivity index (χ0v) is 21.1. The number of H-pyrrole nitrogens is 1. The van der Waals surface area contributed by atoms with Crippen LogP contribution in [0.2, 0.25) is 5.02 Å². The third-order valence-corrected chi connectivity index (χ3v) is 6.69. The van der Waals surface area contributed by atoms with E-state index >= 15 is 0 Å². The Balaban J connectivity index is 1.59. The molecule has 0 bridgehead atoms. The molecule has 0 radical (unpaired) electrons. The van der Waals surface area contributed by atoms with E-state index in [0.717, 1.165) is 40.8 Å². The zero-order valence-electron chi connectivity index (χ0n) is 20.3. The second kappa shape index (κ2) is 10.5. The Hall–Kier alpha value is -3.77. The molecule has 4 aromatic rings. The first-order valence-corrected chi connectivity index (χ1v) is 12.5. The molecule has 1 atom stereocenters. The van der Waals surface area contributed by atoms with Crippen molar-refractivity contribution in [1.82, 2.24) is 15.1 Å². The first kappa shape index (κ1) is 23.9. The van der Waals surface area contributed by atoms with Crippen LogP contribution in [-0.4, -0.2) is 34.7 Å². The molecule has 1 aliphatic heterocycles. The van der Waals surface area contributed by atoms with Crippen LogP contribution in [0.15, 0.2) is 72.8 Å². The highest BCUT2D eigenvalue weighted by molar-refractivity contribution is 6.30. The van der Waals surface area contributed by atoms with Crippen molar-refractivity contribution >= 4 is 17.5 Å². The summed E-state index contributed by atoms with van der Waals surface area (Å²) in [4.78, 5) is 15.5. The lowest BCUT2D eigenvalue weighted by atomic mass is 9.95. The summed E-state index contributed by atoms with van der Waals surface area (Å²) in [6.45, 7) is 3.18. The monoisotopic (exact) mass is 501 g/mol. The fourth-order valence-corrected chi connectivity index (χ4v) is 4.73. The highest BCUT2D eigenvalue weighted by Gasteiger charge is 2.42. The first-order valence-electron chi connectivity index (χ1n) is 12.1. The number of aromatic amines is 1. The molecule has 0 aliphatic carbocycles.